The first kappa shape index (κ1) is 16.8. The van der Waals surface area contributed by atoms with Crippen molar-refractivity contribution in [2.45, 2.75) is 24.7 Å². The quantitative estimate of drug-likeness (QED) is 0.844. The number of hydrogen-bond donors (Lipinski definition) is 1. The zero-order valence-corrected chi connectivity index (χ0v) is 13.1. The molecule has 118 valence electrons. The number of thiazole rings is 1. The predicted molar refractivity (Wildman–Crippen MR) is 78.7 cm³/mol. The van der Waals surface area contributed by atoms with Gasteiger partial charge in [-0.3, -0.25) is 4.79 Å². The van der Waals surface area contributed by atoms with Crippen LogP contribution in [-0.2, 0) is 17.5 Å². The zero-order chi connectivity index (χ0) is 16.2. The summed E-state index contributed by atoms with van der Waals surface area (Å²) in [5.74, 6) is -0.117. The Kier molecular flexibility index (Phi) is 5.41. The Hall–Kier alpha value is -1.61. The minimum absolute atomic E-state index is 0.0934. The fourth-order valence-corrected chi connectivity index (χ4v) is 2.90. The maximum absolute atomic E-state index is 12.4. The number of rotatable bonds is 5. The second-order valence-electron chi connectivity index (χ2n) is 4.29. The molecule has 0 bridgehead atoms. The van der Waals surface area contributed by atoms with E-state index in [0.29, 0.717) is 11.6 Å². The van der Waals surface area contributed by atoms with Gasteiger partial charge in [-0.1, -0.05) is 11.8 Å². The molecule has 0 saturated carbocycles. The van der Waals surface area contributed by atoms with Gasteiger partial charge in [-0.2, -0.15) is 13.2 Å². The third-order valence-corrected chi connectivity index (χ3v) is 4.40. The Balaban J connectivity index is 1.78. The van der Waals surface area contributed by atoms with Crippen molar-refractivity contribution in [2.24, 2.45) is 0 Å². The van der Waals surface area contributed by atoms with Crippen LogP contribution >= 0.6 is 23.1 Å². The van der Waals surface area contributed by atoms with E-state index in [2.05, 4.69) is 15.3 Å². The Morgan fingerprint density at radius 1 is 1.32 bits per heavy atom. The summed E-state index contributed by atoms with van der Waals surface area (Å²) in [6, 6.07) is 2.21. The zero-order valence-electron chi connectivity index (χ0n) is 11.5. The number of carbonyl (C=O) groups is 1. The van der Waals surface area contributed by atoms with Crippen LogP contribution in [0.1, 0.15) is 15.4 Å². The summed E-state index contributed by atoms with van der Waals surface area (Å²) in [5.41, 5.74) is -0.804. The molecular formula is C13H12F3N3OS2. The molecule has 22 heavy (non-hydrogen) atoms. The van der Waals surface area contributed by atoms with E-state index in [4.69, 9.17) is 0 Å². The Labute approximate surface area is 133 Å². The van der Waals surface area contributed by atoms with Gasteiger partial charge in [0.1, 0.15) is 0 Å². The molecule has 2 aromatic rings. The lowest BCUT2D eigenvalue weighted by atomic mass is 10.3. The lowest BCUT2D eigenvalue weighted by Crippen LogP contribution is -2.24. The number of hydrogen-bond acceptors (Lipinski definition) is 5. The Morgan fingerprint density at radius 3 is 2.64 bits per heavy atom. The largest absolute Gasteiger partial charge is 0.417 e. The first-order valence-corrected chi connectivity index (χ1v) is 7.99. The first-order valence-electron chi connectivity index (χ1n) is 6.18. The molecule has 0 aromatic carbocycles. The molecule has 0 atom stereocenters. The molecule has 2 aromatic heterocycles. The predicted octanol–water partition coefficient (Wildman–Crippen LogP) is 3.27. The van der Waals surface area contributed by atoms with Crippen molar-refractivity contribution in [3.05, 3.63) is 40.0 Å². The molecule has 1 N–H and O–H groups in total. The van der Waals surface area contributed by atoms with E-state index in [1.807, 2.05) is 6.92 Å². The summed E-state index contributed by atoms with van der Waals surface area (Å²) in [6.45, 7) is 2.27. The first-order chi connectivity index (χ1) is 10.3. The fraction of sp³-hybridized carbons (Fsp3) is 0.308. The molecular weight excluding hydrogens is 335 g/mol. The van der Waals surface area contributed by atoms with Crippen molar-refractivity contribution in [3.8, 4) is 0 Å². The maximum atomic E-state index is 12.4. The summed E-state index contributed by atoms with van der Waals surface area (Å²) in [4.78, 5) is 20.4. The van der Waals surface area contributed by atoms with Crippen molar-refractivity contribution in [1.29, 1.82) is 0 Å². The van der Waals surface area contributed by atoms with E-state index >= 15 is 0 Å². The molecule has 0 saturated heterocycles. The highest BCUT2D eigenvalue weighted by atomic mass is 32.2. The molecule has 0 aliphatic heterocycles. The number of aromatic nitrogens is 2. The Morgan fingerprint density at radius 2 is 2.09 bits per heavy atom. The number of thioether (sulfide) groups is 1. The minimum Gasteiger partial charge on any atom is -0.350 e. The normalized spacial score (nSPS) is 11.5. The van der Waals surface area contributed by atoms with Gasteiger partial charge in [0.25, 0.3) is 0 Å². The molecule has 2 heterocycles. The third kappa shape index (κ3) is 4.99. The van der Waals surface area contributed by atoms with E-state index in [1.165, 1.54) is 17.4 Å². The van der Waals surface area contributed by atoms with Crippen LogP contribution in [0.25, 0.3) is 0 Å². The number of alkyl halides is 3. The van der Waals surface area contributed by atoms with Gasteiger partial charge in [0, 0.05) is 17.3 Å². The number of amides is 1. The van der Waals surface area contributed by atoms with Crippen LogP contribution in [0.2, 0.25) is 0 Å². The van der Waals surface area contributed by atoms with Crippen molar-refractivity contribution in [1.82, 2.24) is 15.3 Å². The van der Waals surface area contributed by atoms with Crippen LogP contribution in [0.3, 0.4) is 0 Å². The van der Waals surface area contributed by atoms with E-state index < -0.39 is 11.7 Å². The summed E-state index contributed by atoms with van der Waals surface area (Å²) in [6.07, 6.45) is -1.94. The van der Waals surface area contributed by atoms with Crippen LogP contribution < -0.4 is 5.32 Å². The summed E-state index contributed by atoms with van der Waals surface area (Å²) in [5, 5.41) is 4.02. The van der Waals surface area contributed by atoms with Crippen LogP contribution in [0.15, 0.2) is 29.6 Å². The second kappa shape index (κ2) is 7.10. The second-order valence-corrected chi connectivity index (χ2v) is 6.61. The van der Waals surface area contributed by atoms with Gasteiger partial charge in [-0.05, 0) is 19.1 Å². The van der Waals surface area contributed by atoms with Gasteiger partial charge < -0.3 is 5.32 Å². The van der Waals surface area contributed by atoms with E-state index in [9.17, 15) is 18.0 Å². The lowest BCUT2D eigenvalue weighted by molar-refractivity contribution is -0.137. The number of aryl methyl sites for hydroxylation is 1. The molecule has 9 heteroatoms. The highest BCUT2D eigenvalue weighted by Crippen LogP contribution is 2.29. The van der Waals surface area contributed by atoms with Crippen LogP contribution in [0, 0.1) is 6.92 Å². The molecule has 2 rings (SSSR count). The van der Waals surface area contributed by atoms with Gasteiger partial charge in [0.15, 0.2) is 0 Å². The van der Waals surface area contributed by atoms with Gasteiger partial charge in [0.05, 0.1) is 27.9 Å². The molecule has 0 spiro atoms. The average molecular weight is 347 g/mol. The van der Waals surface area contributed by atoms with E-state index in [0.717, 1.165) is 33.9 Å². The molecule has 0 unspecified atom stereocenters. The average Bonchev–Trinajstić information content (AvgIpc) is 2.88. The Bertz CT molecular complexity index is 641. The van der Waals surface area contributed by atoms with Gasteiger partial charge in [0.2, 0.25) is 5.91 Å². The summed E-state index contributed by atoms with van der Waals surface area (Å²) in [7, 11) is 0. The molecule has 0 aliphatic rings. The van der Waals surface area contributed by atoms with Gasteiger partial charge in [-0.15, -0.1) is 11.3 Å². The molecule has 4 nitrogen and oxygen atoms in total. The standard InChI is InChI=1S/C13H12F3N3OS2/c1-8-17-5-10(22-8)6-18-11(20)7-21-12-3-2-9(4-19-12)13(14,15)16/h2-5H,6-7H2,1H3,(H,18,20). The molecule has 0 radical (unpaired) electrons. The SMILES string of the molecule is Cc1ncc(CNC(=O)CSc2ccc(C(F)(F)F)cn2)s1. The number of nitrogens with zero attached hydrogens (tertiary/aromatic N) is 2. The number of halogens is 3. The van der Waals surface area contributed by atoms with E-state index in [-0.39, 0.29) is 11.7 Å². The molecule has 0 fully saturated rings. The van der Waals surface area contributed by atoms with Crippen LogP contribution in [0.5, 0.6) is 0 Å². The molecule has 0 aliphatic carbocycles. The van der Waals surface area contributed by atoms with Crippen molar-refractivity contribution in [2.75, 3.05) is 5.75 Å². The topological polar surface area (TPSA) is 54.9 Å². The lowest BCUT2D eigenvalue weighted by Gasteiger charge is -2.06. The van der Waals surface area contributed by atoms with Crippen LogP contribution in [0.4, 0.5) is 13.2 Å². The smallest absolute Gasteiger partial charge is 0.350 e. The third-order valence-electron chi connectivity index (χ3n) is 2.54. The maximum Gasteiger partial charge on any atom is 0.417 e. The summed E-state index contributed by atoms with van der Waals surface area (Å²) < 4.78 is 37.1. The highest BCUT2D eigenvalue weighted by Gasteiger charge is 2.30. The molecule has 1 amide bonds. The number of nitrogens with one attached hydrogen (secondary N) is 1. The van der Waals surface area contributed by atoms with Crippen LogP contribution in [-0.4, -0.2) is 21.6 Å². The monoisotopic (exact) mass is 347 g/mol. The summed E-state index contributed by atoms with van der Waals surface area (Å²) >= 11 is 2.58. The van der Waals surface area contributed by atoms with Gasteiger partial charge in [-0.25, -0.2) is 9.97 Å². The van der Waals surface area contributed by atoms with Crippen molar-refractivity contribution >= 4 is 29.0 Å². The van der Waals surface area contributed by atoms with E-state index in [1.54, 1.807) is 6.20 Å². The fourth-order valence-electron chi connectivity index (χ4n) is 1.50. The number of carbonyl (C=O) groups excluding carboxylic acids is 1. The van der Waals surface area contributed by atoms with Crippen molar-refractivity contribution < 1.29 is 18.0 Å². The highest BCUT2D eigenvalue weighted by molar-refractivity contribution is 7.99. The van der Waals surface area contributed by atoms with Gasteiger partial charge >= 0.3 is 6.18 Å². The minimum atomic E-state index is -4.40. The number of pyridine rings is 1. The van der Waals surface area contributed by atoms with Crippen molar-refractivity contribution in [3.63, 3.8) is 0 Å².